The summed E-state index contributed by atoms with van der Waals surface area (Å²) in [6, 6.07) is 18.3. The molecule has 29 heavy (non-hydrogen) atoms. The van der Waals surface area contributed by atoms with Crippen LogP contribution in [0, 0.1) is 0 Å². The molecule has 0 aliphatic heterocycles. The Bertz CT molecular complexity index is 1180. The minimum absolute atomic E-state index is 0.139. The summed E-state index contributed by atoms with van der Waals surface area (Å²) < 4.78 is 6.47. The lowest BCUT2D eigenvalue weighted by molar-refractivity contribution is -0.118. The predicted molar refractivity (Wildman–Crippen MR) is 115 cm³/mol. The molecule has 1 amide bonds. The zero-order valence-corrected chi connectivity index (χ0v) is 16.8. The van der Waals surface area contributed by atoms with Crippen molar-refractivity contribution in [3.63, 3.8) is 0 Å². The SMILES string of the molecule is O=C(COc1ccc2ccccc2c1Br)Nc1cnc(-c2cccc(O)c2)nc1. The van der Waals surface area contributed by atoms with E-state index in [1.807, 2.05) is 36.4 Å². The van der Waals surface area contributed by atoms with Gasteiger partial charge < -0.3 is 15.2 Å². The second-order valence-corrected chi connectivity index (χ2v) is 7.07. The lowest BCUT2D eigenvalue weighted by Crippen LogP contribution is -2.20. The number of amides is 1. The molecule has 1 heterocycles. The van der Waals surface area contributed by atoms with Gasteiger partial charge in [0.25, 0.3) is 5.91 Å². The van der Waals surface area contributed by atoms with E-state index in [1.165, 1.54) is 12.4 Å². The highest BCUT2D eigenvalue weighted by molar-refractivity contribution is 9.10. The van der Waals surface area contributed by atoms with Gasteiger partial charge in [-0.15, -0.1) is 0 Å². The van der Waals surface area contributed by atoms with Gasteiger partial charge in [-0.25, -0.2) is 9.97 Å². The number of phenols is 1. The average Bonchev–Trinajstić information content (AvgIpc) is 2.74. The summed E-state index contributed by atoms with van der Waals surface area (Å²) >= 11 is 3.54. The third kappa shape index (κ3) is 4.35. The van der Waals surface area contributed by atoms with Crippen LogP contribution in [0.1, 0.15) is 0 Å². The molecule has 0 fully saturated rings. The van der Waals surface area contributed by atoms with Crippen molar-refractivity contribution in [2.24, 2.45) is 0 Å². The summed E-state index contributed by atoms with van der Waals surface area (Å²) in [5, 5.41) is 14.4. The van der Waals surface area contributed by atoms with Gasteiger partial charge in [0.15, 0.2) is 12.4 Å². The van der Waals surface area contributed by atoms with Crippen LogP contribution < -0.4 is 10.1 Å². The van der Waals surface area contributed by atoms with Gasteiger partial charge in [0.1, 0.15) is 11.5 Å². The number of aromatic nitrogens is 2. The van der Waals surface area contributed by atoms with Crippen LogP contribution in [0.15, 0.2) is 77.5 Å². The molecule has 0 saturated heterocycles. The summed E-state index contributed by atoms with van der Waals surface area (Å²) in [4.78, 5) is 20.7. The lowest BCUT2D eigenvalue weighted by atomic mass is 10.1. The number of halogens is 1. The number of ether oxygens (including phenoxy) is 1. The van der Waals surface area contributed by atoms with E-state index in [0.29, 0.717) is 22.8 Å². The van der Waals surface area contributed by atoms with Crippen LogP contribution in [-0.2, 0) is 4.79 Å². The molecule has 0 aliphatic rings. The molecular formula is C22H16BrN3O3. The van der Waals surface area contributed by atoms with Gasteiger partial charge >= 0.3 is 0 Å². The predicted octanol–water partition coefficient (Wildman–Crippen LogP) is 4.78. The maximum Gasteiger partial charge on any atom is 0.262 e. The quantitative estimate of drug-likeness (QED) is 0.457. The monoisotopic (exact) mass is 449 g/mol. The van der Waals surface area contributed by atoms with Crippen LogP contribution in [0.3, 0.4) is 0 Å². The first-order chi connectivity index (χ1) is 14.1. The van der Waals surface area contributed by atoms with Crippen molar-refractivity contribution < 1.29 is 14.6 Å². The summed E-state index contributed by atoms with van der Waals surface area (Å²) in [6.45, 7) is -0.148. The normalized spacial score (nSPS) is 10.7. The smallest absolute Gasteiger partial charge is 0.262 e. The molecular weight excluding hydrogens is 434 g/mol. The fourth-order valence-electron chi connectivity index (χ4n) is 2.85. The molecule has 7 heteroatoms. The van der Waals surface area contributed by atoms with Crippen molar-refractivity contribution >= 4 is 38.3 Å². The molecule has 0 saturated carbocycles. The third-order valence-electron chi connectivity index (χ3n) is 4.23. The molecule has 0 radical (unpaired) electrons. The Labute approximate surface area is 175 Å². The first-order valence-corrected chi connectivity index (χ1v) is 9.61. The number of rotatable bonds is 5. The van der Waals surface area contributed by atoms with E-state index in [1.54, 1.807) is 24.3 Å². The first kappa shape index (κ1) is 18.9. The van der Waals surface area contributed by atoms with E-state index in [4.69, 9.17) is 4.74 Å². The number of anilines is 1. The van der Waals surface area contributed by atoms with Crippen molar-refractivity contribution in [1.29, 1.82) is 0 Å². The van der Waals surface area contributed by atoms with Crippen LogP contribution in [-0.4, -0.2) is 27.6 Å². The van der Waals surface area contributed by atoms with Crippen LogP contribution in [0.25, 0.3) is 22.2 Å². The molecule has 4 rings (SSSR count). The molecule has 0 atom stereocenters. The van der Waals surface area contributed by atoms with Gasteiger partial charge in [-0.2, -0.15) is 0 Å². The standard InChI is InChI=1S/C22H16BrN3O3/c23-21-18-7-2-1-4-14(18)8-9-19(21)29-13-20(28)26-16-11-24-22(25-12-16)15-5-3-6-17(27)10-15/h1-12,27H,13H2,(H,26,28). The Morgan fingerprint density at radius 2 is 1.83 bits per heavy atom. The van der Waals surface area contributed by atoms with Crippen LogP contribution >= 0.6 is 15.9 Å². The molecule has 3 aromatic carbocycles. The maximum atomic E-state index is 12.2. The number of carbonyl (C=O) groups excluding carboxylic acids is 1. The van der Waals surface area contributed by atoms with Crippen LogP contribution in [0.5, 0.6) is 11.5 Å². The number of nitrogens with zero attached hydrogens (tertiary/aromatic N) is 2. The molecule has 0 aliphatic carbocycles. The first-order valence-electron chi connectivity index (χ1n) is 8.81. The van der Waals surface area contributed by atoms with Crippen molar-refractivity contribution in [3.8, 4) is 22.9 Å². The number of carbonyl (C=O) groups is 1. The Kier molecular flexibility index (Phi) is 5.39. The van der Waals surface area contributed by atoms with E-state index in [2.05, 4.69) is 31.2 Å². The topological polar surface area (TPSA) is 84.3 Å². The molecule has 2 N–H and O–H groups in total. The Morgan fingerprint density at radius 1 is 1.03 bits per heavy atom. The average molecular weight is 450 g/mol. The molecule has 6 nitrogen and oxygen atoms in total. The number of aromatic hydroxyl groups is 1. The Balaban J connectivity index is 1.39. The van der Waals surface area contributed by atoms with E-state index in [-0.39, 0.29) is 18.3 Å². The lowest BCUT2D eigenvalue weighted by Gasteiger charge is -2.11. The summed E-state index contributed by atoms with van der Waals surface area (Å²) in [5.41, 5.74) is 1.15. The van der Waals surface area contributed by atoms with Crippen molar-refractivity contribution in [3.05, 3.63) is 77.5 Å². The number of hydrogen-bond donors (Lipinski definition) is 2. The van der Waals surface area contributed by atoms with Gasteiger partial charge in [0.05, 0.1) is 22.6 Å². The summed E-state index contributed by atoms with van der Waals surface area (Å²) in [5.74, 6) is 0.865. The molecule has 1 aromatic heterocycles. The minimum atomic E-state index is -0.321. The van der Waals surface area contributed by atoms with E-state index in [9.17, 15) is 9.90 Å². The highest BCUT2D eigenvalue weighted by Crippen LogP contribution is 2.33. The Hall–Kier alpha value is -3.45. The zero-order chi connectivity index (χ0) is 20.2. The van der Waals surface area contributed by atoms with E-state index in [0.717, 1.165) is 15.2 Å². The highest BCUT2D eigenvalue weighted by Gasteiger charge is 2.10. The third-order valence-corrected chi connectivity index (χ3v) is 5.04. The van der Waals surface area contributed by atoms with E-state index >= 15 is 0 Å². The minimum Gasteiger partial charge on any atom is -0.508 e. The van der Waals surface area contributed by atoms with Crippen molar-refractivity contribution in [2.75, 3.05) is 11.9 Å². The fourth-order valence-corrected chi connectivity index (χ4v) is 3.46. The molecule has 0 unspecified atom stereocenters. The highest BCUT2D eigenvalue weighted by atomic mass is 79.9. The van der Waals surface area contributed by atoms with Gasteiger partial charge in [-0.1, -0.05) is 42.5 Å². The molecule has 4 aromatic rings. The van der Waals surface area contributed by atoms with E-state index < -0.39 is 0 Å². The number of hydrogen-bond acceptors (Lipinski definition) is 5. The largest absolute Gasteiger partial charge is 0.508 e. The maximum absolute atomic E-state index is 12.2. The zero-order valence-electron chi connectivity index (χ0n) is 15.2. The fraction of sp³-hybridized carbons (Fsp3) is 0.0455. The molecule has 0 spiro atoms. The second kappa shape index (κ2) is 8.28. The molecule has 144 valence electrons. The Morgan fingerprint density at radius 3 is 2.62 bits per heavy atom. The van der Waals surface area contributed by atoms with Crippen LogP contribution in [0.4, 0.5) is 5.69 Å². The molecule has 0 bridgehead atoms. The number of nitrogens with one attached hydrogen (secondary N) is 1. The van der Waals surface area contributed by atoms with Gasteiger partial charge in [-0.05, 0) is 44.9 Å². The second-order valence-electron chi connectivity index (χ2n) is 6.28. The summed E-state index contributed by atoms with van der Waals surface area (Å²) in [6.07, 6.45) is 3.02. The van der Waals surface area contributed by atoms with Crippen LogP contribution in [0.2, 0.25) is 0 Å². The van der Waals surface area contributed by atoms with Gasteiger partial charge in [-0.3, -0.25) is 4.79 Å². The van der Waals surface area contributed by atoms with Crippen molar-refractivity contribution in [1.82, 2.24) is 9.97 Å². The van der Waals surface area contributed by atoms with Gasteiger partial charge in [0, 0.05) is 5.56 Å². The number of fused-ring (bicyclic) bond motifs is 1. The number of benzene rings is 3. The number of phenolic OH excluding ortho intramolecular Hbond substituents is 1. The van der Waals surface area contributed by atoms with Crippen molar-refractivity contribution in [2.45, 2.75) is 0 Å². The van der Waals surface area contributed by atoms with Gasteiger partial charge in [0.2, 0.25) is 0 Å². The summed E-state index contributed by atoms with van der Waals surface area (Å²) in [7, 11) is 0.